The lowest BCUT2D eigenvalue weighted by molar-refractivity contribution is -0.149. The first kappa shape index (κ1) is 12.9. The van der Waals surface area contributed by atoms with Gasteiger partial charge in [0.2, 0.25) is 0 Å². The Kier molecular flexibility index (Phi) is 3.89. The molecule has 5 heteroatoms. The van der Waals surface area contributed by atoms with Gasteiger partial charge in [-0.3, -0.25) is 9.48 Å². The molecule has 0 aliphatic carbocycles. The van der Waals surface area contributed by atoms with Crippen LogP contribution in [0.1, 0.15) is 26.7 Å². The zero-order chi connectivity index (χ0) is 13.1. The molecule has 0 aromatic carbocycles. The summed E-state index contributed by atoms with van der Waals surface area (Å²) in [4.78, 5) is 14.2. The molecule has 0 saturated carbocycles. The van der Waals surface area contributed by atoms with Crippen LogP contribution in [-0.2, 0) is 16.6 Å². The van der Waals surface area contributed by atoms with Crippen molar-refractivity contribution in [1.82, 2.24) is 9.78 Å². The highest BCUT2D eigenvalue weighted by Crippen LogP contribution is 2.29. The van der Waals surface area contributed by atoms with E-state index < -0.39 is 0 Å². The predicted molar refractivity (Wildman–Crippen MR) is 69.4 cm³/mol. The SMILES string of the molecule is CCOC(=O)[C@H]1CCCN(c2cnn(C)c2)[C@H]1C. The number of rotatable bonds is 3. The van der Waals surface area contributed by atoms with Crippen molar-refractivity contribution in [3.63, 3.8) is 0 Å². The van der Waals surface area contributed by atoms with Crippen LogP contribution in [0.15, 0.2) is 12.4 Å². The second kappa shape index (κ2) is 5.42. The van der Waals surface area contributed by atoms with Crippen LogP contribution in [-0.4, -0.2) is 34.9 Å². The van der Waals surface area contributed by atoms with Gasteiger partial charge in [0.05, 0.1) is 24.4 Å². The Hall–Kier alpha value is -1.52. The first-order chi connectivity index (χ1) is 8.63. The lowest BCUT2D eigenvalue weighted by Crippen LogP contribution is -2.46. The smallest absolute Gasteiger partial charge is 0.311 e. The Morgan fingerprint density at radius 2 is 2.39 bits per heavy atom. The number of carbonyl (C=O) groups excluding carboxylic acids is 1. The highest BCUT2D eigenvalue weighted by atomic mass is 16.5. The lowest BCUT2D eigenvalue weighted by atomic mass is 9.90. The third-order valence-electron chi connectivity index (χ3n) is 3.60. The summed E-state index contributed by atoms with van der Waals surface area (Å²) >= 11 is 0. The molecule has 1 aromatic rings. The van der Waals surface area contributed by atoms with E-state index in [9.17, 15) is 4.79 Å². The number of aryl methyl sites for hydroxylation is 1. The van der Waals surface area contributed by atoms with Crippen molar-refractivity contribution in [2.45, 2.75) is 32.7 Å². The van der Waals surface area contributed by atoms with Crippen molar-refractivity contribution < 1.29 is 9.53 Å². The van der Waals surface area contributed by atoms with Gasteiger partial charge in [0, 0.05) is 25.8 Å². The number of piperidine rings is 1. The maximum atomic E-state index is 11.9. The third kappa shape index (κ3) is 2.49. The van der Waals surface area contributed by atoms with E-state index in [-0.39, 0.29) is 17.9 Å². The fourth-order valence-corrected chi connectivity index (χ4v) is 2.63. The van der Waals surface area contributed by atoms with Crippen LogP contribution >= 0.6 is 0 Å². The molecule has 18 heavy (non-hydrogen) atoms. The fraction of sp³-hybridized carbons (Fsp3) is 0.692. The van der Waals surface area contributed by atoms with Crippen molar-refractivity contribution in [2.75, 3.05) is 18.1 Å². The van der Waals surface area contributed by atoms with E-state index in [2.05, 4.69) is 16.9 Å². The maximum Gasteiger partial charge on any atom is 0.311 e. The summed E-state index contributed by atoms with van der Waals surface area (Å²) in [5.74, 6) is -0.0995. The van der Waals surface area contributed by atoms with Gasteiger partial charge in [0.1, 0.15) is 0 Å². The second-order valence-electron chi connectivity index (χ2n) is 4.81. The molecule has 1 saturated heterocycles. The van der Waals surface area contributed by atoms with Gasteiger partial charge in [-0.05, 0) is 26.7 Å². The predicted octanol–water partition coefficient (Wildman–Crippen LogP) is 1.59. The average molecular weight is 251 g/mol. The largest absolute Gasteiger partial charge is 0.466 e. The van der Waals surface area contributed by atoms with E-state index in [0.29, 0.717) is 6.61 Å². The van der Waals surface area contributed by atoms with Gasteiger partial charge >= 0.3 is 5.97 Å². The van der Waals surface area contributed by atoms with Gasteiger partial charge in [0.15, 0.2) is 0 Å². The van der Waals surface area contributed by atoms with Gasteiger partial charge in [-0.25, -0.2) is 0 Å². The molecule has 1 aromatic heterocycles. The van der Waals surface area contributed by atoms with Crippen LogP contribution in [0.2, 0.25) is 0 Å². The summed E-state index contributed by atoms with van der Waals surface area (Å²) in [7, 11) is 1.90. The molecular formula is C13H21N3O2. The number of anilines is 1. The molecule has 1 fully saturated rings. The van der Waals surface area contributed by atoms with Crippen LogP contribution in [0, 0.1) is 5.92 Å². The minimum Gasteiger partial charge on any atom is -0.466 e. The summed E-state index contributed by atoms with van der Waals surface area (Å²) in [6, 6.07) is 0.169. The van der Waals surface area contributed by atoms with Crippen molar-refractivity contribution in [1.29, 1.82) is 0 Å². The van der Waals surface area contributed by atoms with Crippen LogP contribution < -0.4 is 4.90 Å². The quantitative estimate of drug-likeness (QED) is 0.765. The van der Waals surface area contributed by atoms with E-state index in [1.165, 1.54) is 0 Å². The number of ether oxygens (including phenoxy) is 1. The van der Waals surface area contributed by atoms with Gasteiger partial charge < -0.3 is 9.64 Å². The minimum absolute atomic E-state index is 0.0288. The highest BCUT2D eigenvalue weighted by Gasteiger charge is 2.34. The normalized spacial score (nSPS) is 24.1. The molecule has 100 valence electrons. The first-order valence-corrected chi connectivity index (χ1v) is 6.55. The fourth-order valence-electron chi connectivity index (χ4n) is 2.63. The van der Waals surface area contributed by atoms with E-state index in [4.69, 9.17) is 4.74 Å². The van der Waals surface area contributed by atoms with Crippen molar-refractivity contribution in [3.05, 3.63) is 12.4 Å². The molecule has 5 nitrogen and oxygen atoms in total. The number of hydrogen-bond donors (Lipinski definition) is 0. The number of esters is 1. The van der Waals surface area contributed by atoms with Crippen LogP contribution in [0.3, 0.4) is 0 Å². The molecule has 1 aliphatic rings. The number of carbonyl (C=O) groups is 1. The van der Waals surface area contributed by atoms with Gasteiger partial charge in [-0.2, -0.15) is 5.10 Å². The molecule has 2 atom stereocenters. The Morgan fingerprint density at radius 1 is 1.61 bits per heavy atom. The Labute approximate surface area is 108 Å². The lowest BCUT2D eigenvalue weighted by Gasteiger charge is -2.38. The molecule has 0 spiro atoms. The van der Waals surface area contributed by atoms with Crippen LogP contribution in [0.5, 0.6) is 0 Å². The Morgan fingerprint density at radius 3 is 3.00 bits per heavy atom. The monoisotopic (exact) mass is 251 g/mol. The number of aromatic nitrogens is 2. The standard InChI is InChI=1S/C13H21N3O2/c1-4-18-13(17)12-6-5-7-16(10(12)2)11-8-14-15(3)9-11/h8-10,12H,4-7H2,1-3H3/t10-,12-/m0/s1. The molecule has 0 bridgehead atoms. The molecule has 0 N–H and O–H groups in total. The third-order valence-corrected chi connectivity index (χ3v) is 3.60. The van der Waals surface area contributed by atoms with E-state index >= 15 is 0 Å². The van der Waals surface area contributed by atoms with Gasteiger partial charge in [0.25, 0.3) is 0 Å². The maximum absolute atomic E-state index is 11.9. The summed E-state index contributed by atoms with van der Waals surface area (Å²) in [6.07, 6.45) is 5.77. The zero-order valence-electron chi connectivity index (χ0n) is 11.3. The number of nitrogens with zero attached hydrogens (tertiary/aromatic N) is 3. The van der Waals surface area contributed by atoms with Crippen LogP contribution in [0.25, 0.3) is 0 Å². The topological polar surface area (TPSA) is 47.4 Å². The Balaban J connectivity index is 2.11. The molecule has 0 amide bonds. The van der Waals surface area contributed by atoms with Gasteiger partial charge in [-0.15, -0.1) is 0 Å². The van der Waals surface area contributed by atoms with Crippen molar-refractivity contribution in [3.8, 4) is 0 Å². The zero-order valence-corrected chi connectivity index (χ0v) is 11.3. The Bertz CT molecular complexity index is 416. The molecule has 0 unspecified atom stereocenters. The molecule has 2 rings (SSSR count). The summed E-state index contributed by atoms with van der Waals surface area (Å²) in [5.41, 5.74) is 1.08. The summed E-state index contributed by atoms with van der Waals surface area (Å²) < 4.78 is 6.94. The number of hydrogen-bond acceptors (Lipinski definition) is 4. The minimum atomic E-state index is -0.0707. The highest BCUT2D eigenvalue weighted by molar-refractivity contribution is 5.74. The van der Waals surface area contributed by atoms with E-state index in [1.807, 2.05) is 26.4 Å². The van der Waals surface area contributed by atoms with E-state index in [0.717, 1.165) is 25.1 Å². The van der Waals surface area contributed by atoms with E-state index in [1.54, 1.807) is 4.68 Å². The van der Waals surface area contributed by atoms with Crippen molar-refractivity contribution in [2.24, 2.45) is 13.0 Å². The molecule has 2 heterocycles. The molecule has 0 radical (unpaired) electrons. The second-order valence-corrected chi connectivity index (χ2v) is 4.81. The molecular weight excluding hydrogens is 230 g/mol. The first-order valence-electron chi connectivity index (χ1n) is 6.55. The summed E-state index contributed by atoms with van der Waals surface area (Å²) in [6.45, 7) is 5.37. The molecule has 1 aliphatic heterocycles. The average Bonchev–Trinajstić information content (AvgIpc) is 2.76. The van der Waals surface area contributed by atoms with Gasteiger partial charge in [-0.1, -0.05) is 0 Å². The van der Waals surface area contributed by atoms with Crippen molar-refractivity contribution >= 4 is 11.7 Å². The van der Waals surface area contributed by atoms with Crippen LogP contribution in [0.4, 0.5) is 5.69 Å². The summed E-state index contributed by atoms with van der Waals surface area (Å²) in [5, 5.41) is 4.19.